The highest BCUT2D eigenvalue weighted by Gasteiger charge is 1.97. The first-order valence-corrected chi connectivity index (χ1v) is 3.42. The number of carbonyl (C=O) groups excluding carboxylic acids is 1. The molecule has 58 valence electrons. The molecule has 0 heterocycles. The number of unbranched alkanes of at least 4 members (excludes halogenated alkanes) is 1. The molecule has 2 nitrogen and oxygen atoms in total. The lowest BCUT2D eigenvalue weighted by Crippen LogP contribution is -2.05. The van der Waals surface area contributed by atoms with E-state index in [0.29, 0.717) is 6.42 Å². The summed E-state index contributed by atoms with van der Waals surface area (Å²) in [7, 11) is 1.53. The minimum Gasteiger partial charge on any atom is -0.377 e. The van der Waals surface area contributed by atoms with E-state index in [2.05, 4.69) is 11.3 Å². The van der Waals surface area contributed by atoms with Crippen LogP contribution in [0.4, 0.5) is 0 Å². The van der Waals surface area contributed by atoms with Gasteiger partial charge in [0.1, 0.15) is 6.61 Å². The van der Waals surface area contributed by atoms with Crippen molar-refractivity contribution in [3.05, 3.63) is 12.7 Å². The first kappa shape index (κ1) is 9.37. The summed E-state index contributed by atoms with van der Waals surface area (Å²) in [5.74, 6) is 0.171. The molecule has 2 heteroatoms. The lowest BCUT2D eigenvalue weighted by molar-refractivity contribution is -0.122. The summed E-state index contributed by atoms with van der Waals surface area (Å²) in [4.78, 5) is 10.8. The molecule has 0 radical (unpaired) electrons. The number of rotatable bonds is 6. The normalized spacial score (nSPS) is 9.30. The molecule has 0 aromatic rings. The molecule has 0 aliphatic carbocycles. The van der Waals surface area contributed by atoms with Crippen LogP contribution in [-0.4, -0.2) is 19.5 Å². The third kappa shape index (κ3) is 5.51. The van der Waals surface area contributed by atoms with Crippen LogP contribution in [0, 0.1) is 0 Å². The Morgan fingerprint density at radius 1 is 1.70 bits per heavy atom. The molecule has 0 aromatic carbocycles. The highest BCUT2D eigenvalue weighted by atomic mass is 16.5. The minimum absolute atomic E-state index is 0.171. The van der Waals surface area contributed by atoms with Crippen LogP contribution in [0.1, 0.15) is 19.3 Å². The summed E-state index contributed by atoms with van der Waals surface area (Å²) >= 11 is 0. The smallest absolute Gasteiger partial charge is 0.158 e. The topological polar surface area (TPSA) is 26.3 Å². The van der Waals surface area contributed by atoms with Gasteiger partial charge in [0.2, 0.25) is 0 Å². The quantitative estimate of drug-likeness (QED) is 0.415. The number of hydrogen-bond acceptors (Lipinski definition) is 2. The Bertz CT molecular complexity index is 108. The van der Waals surface area contributed by atoms with Crippen LogP contribution in [0.15, 0.2) is 12.7 Å². The molecular weight excluding hydrogens is 128 g/mol. The van der Waals surface area contributed by atoms with E-state index < -0.39 is 0 Å². The molecule has 0 N–H and O–H groups in total. The zero-order valence-electron chi connectivity index (χ0n) is 6.43. The van der Waals surface area contributed by atoms with E-state index in [1.807, 2.05) is 6.08 Å². The number of hydrogen-bond donors (Lipinski definition) is 0. The van der Waals surface area contributed by atoms with Gasteiger partial charge in [-0.25, -0.2) is 0 Å². The van der Waals surface area contributed by atoms with Gasteiger partial charge >= 0.3 is 0 Å². The SMILES string of the molecule is C=CCCCC(=O)COC. The van der Waals surface area contributed by atoms with E-state index in [1.54, 1.807) is 0 Å². The van der Waals surface area contributed by atoms with Crippen molar-refractivity contribution in [2.45, 2.75) is 19.3 Å². The summed E-state index contributed by atoms with van der Waals surface area (Å²) in [6.07, 6.45) is 4.24. The molecule has 10 heavy (non-hydrogen) atoms. The molecule has 0 saturated heterocycles. The average molecular weight is 142 g/mol. The van der Waals surface area contributed by atoms with Crippen LogP contribution in [0.25, 0.3) is 0 Å². The Morgan fingerprint density at radius 2 is 2.40 bits per heavy atom. The second-order valence-corrected chi connectivity index (χ2v) is 2.15. The Labute approximate surface area is 61.9 Å². The number of ether oxygens (including phenoxy) is 1. The average Bonchev–Trinajstić information content (AvgIpc) is 1.89. The van der Waals surface area contributed by atoms with Crippen LogP contribution >= 0.6 is 0 Å². The van der Waals surface area contributed by atoms with E-state index in [1.165, 1.54) is 7.11 Å². The first-order chi connectivity index (χ1) is 4.81. The van der Waals surface area contributed by atoms with E-state index >= 15 is 0 Å². The maximum Gasteiger partial charge on any atom is 0.158 e. The van der Waals surface area contributed by atoms with Crippen molar-refractivity contribution in [3.8, 4) is 0 Å². The van der Waals surface area contributed by atoms with Gasteiger partial charge in [0.15, 0.2) is 5.78 Å². The Morgan fingerprint density at radius 3 is 2.90 bits per heavy atom. The molecule has 0 unspecified atom stereocenters. The standard InChI is InChI=1S/C8H14O2/c1-3-4-5-6-8(9)7-10-2/h3H,1,4-7H2,2H3. The largest absolute Gasteiger partial charge is 0.377 e. The number of Topliss-reactive ketones (excluding diaryl/α,β-unsaturated/α-hetero) is 1. The minimum atomic E-state index is 0.171. The van der Waals surface area contributed by atoms with Crippen LogP contribution < -0.4 is 0 Å². The van der Waals surface area contributed by atoms with Crippen LogP contribution in [0.5, 0.6) is 0 Å². The molecular formula is C8H14O2. The molecule has 0 bridgehead atoms. The zero-order chi connectivity index (χ0) is 7.82. The third-order valence-electron chi connectivity index (χ3n) is 1.17. The fourth-order valence-electron chi connectivity index (χ4n) is 0.677. The lowest BCUT2D eigenvalue weighted by atomic mass is 10.2. The Kier molecular flexibility index (Phi) is 6.08. The third-order valence-corrected chi connectivity index (χ3v) is 1.17. The molecule has 0 atom stereocenters. The molecule has 0 amide bonds. The van der Waals surface area contributed by atoms with Crippen molar-refractivity contribution in [3.63, 3.8) is 0 Å². The molecule has 0 aliphatic heterocycles. The van der Waals surface area contributed by atoms with Gasteiger partial charge in [-0.2, -0.15) is 0 Å². The number of allylic oxidation sites excluding steroid dienone is 1. The summed E-state index contributed by atoms with van der Waals surface area (Å²) in [6.45, 7) is 3.81. The molecule has 0 rings (SSSR count). The van der Waals surface area contributed by atoms with Crippen LogP contribution in [-0.2, 0) is 9.53 Å². The highest BCUT2D eigenvalue weighted by Crippen LogP contribution is 1.96. The summed E-state index contributed by atoms with van der Waals surface area (Å²) in [6, 6.07) is 0. The number of methoxy groups -OCH3 is 1. The second-order valence-electron chi connectivity index (χ2n) is 2.15. The fraction of sp³-hybridized carbons (Fsp3) is 0.625. The van der Waals surface area contributed by atoms with Gasteiger partial charge in [0.25, 0.3) is 0 Å². The van der Waals surface area contributed by atoms with Crippen molar-refractivity contribution in [2.24, 2.45) is 0 Å². The molecule has 0 spiro atoms. The van der Waals surface area contributed by atoms with Crippen molar-refractivity contribution >= 4 is 5.78 Å². The van der Waals surface area contributed by atoms with Gasteiger partial charge in [-0.1, -0.05) is 6.08 Å². The predicted octanol–water partition coefficient (Wildman–Crippen LogP) is 1.56. The van der Waals surface area contributed by atoms with Crippen LogP contribution in [0.3, 0.4) is 0 Å². The summed E-state index contributed by atoms with van der Waals surface area (Å²) < 4.78 is 4.66. The second kappa shape index (κ2) is 6.49. The molecule has 0 fully saturated rings. The Balaban J connectivity index is 3.13. The maximum absolute atomic E-state index is 10.8. The van der Waals surface area contributed by atoms with Crippen molar-refractivity contribution in [1.29, 1.82) is 0 Å². The van der Waals surface area contributed by atoms with Gasteiger partial charge in [-0.05, 0) is 12.8 Å². The lowest BCUT2D eigenvalue weighted by Gasteiger charge is -1.95. The van der Waals surface area contributed by atoms with Gasteiger partial charge in [-0.15, -0.1) is 6.58 Å². The number of carbonyl (C=O) groups is 1. The van der Waals surface area contributed by atoms with E-state index in [0.717, 1.165) is 12.8 Å². The van der Waals surface area contributed by atoms with Gasteiger partial charge in [0, 0.05) is 13.5 Å². The van der Waals surface area contributed by atoms with Crippen LogP contribution in [0.2, 0.25) is 0 Å². The maximum atomic E-state index is 10.8. The highest BCUT2D eigenvalue weighted by molar-refractivity contribution is 5.79. The monoisotopic (exact) mass is 142 g/mol. The fourth-order valence-corrected chi connectivity index (χ4v) is 0.677. The van der Waals surface area contributed by atoms with Crippen molar-refractivity contribution in [2.75, 3.05) is 13.7 Å². The predicted molar refractivity (Wildman–Crippen MR) is 40.9 cm³/mol. The summed E-state index contributed by atoms with van der Waals surface area (Å²) in [5.41, 5.74) is 0. The van der Waals surface area contributed by atoms with Gasteiger partial charge in [-0.3, -0.25) is 4.79 Å². The first-order valence-electron chi connectivity index (χ1n) is 3.42. The van der Waals surface area contributed by atoms with E-state index in [9.17, 15) is 4.79 Å². The van der Waals surface area contributed by atoms with E-state index in [4.69, 9.17) is 0 Å². The van der Waals surface area contributed by atoms with Crippen molar-refractivity contribution in [1.82, 2.24) is 0 Å². The van der Waals surface area contributed by atoms with Gasteiger partial charge < -0.3 is 4.74 Å². The van der Waals surface area contributed by atoms with Gasteiger partial charge in [0.05, 0.1) is 0 Å². The molecule has 0 aliphatic rings. The Hall–Kier alpha value is -0.630. The van der Waals surface area contributed by atoms with E-state index in [-0.39, 0.29) is 12.4 Å². The molecule has 0 aromatic heterocycles. The summed E-state index contributed by atoms with van der Waals surface area (Å²) in [5, 5.41) is 0. The zero-order valence-corrected chi connectivity index (χ0v) is 6.43. The molecule has 0 saturated carbocycles. The number of ketones is 1. The van der Waals surface area contributed by atoms with Crippen molar-refractivity contribution < 1.29 is 9.53 Å².